The standard InChI is InChI=1S/2C2HF3O2.Zn/c2*3-2(4,5)1(6)7;/h2*(H,6,7);/q;;+2/p-2. The minimum absolute atomic E-state index is 0. The van der Waals surface area contributed by atoms with E-state index < -0.39 is 24.3 Å². The summed E-state index contributed by atoms with van der Waals surface area (Å²) in [5, 5.41) is 17.6. The largest absolute Gasteiger partial charge is 2.00 e. The van der Waals surface area contributed by atoms with Gasteiger partial charge < -0.3 is 19.8 Å². The van der Waals surface area contributed by atoms with Crippen LogP contribution >= 0.6 is 0 Å². The molecular formula is C4F6O4Zn. The van der Waals surface area contributed by atoms with Crippen molar-refractivity contribution in [1.82, 2.24) is 0 Å². The number of carbonyl (C=O) groups is 2. The molecule has 84 valence electrons. The molecule has 0 saturated carbocycles. The van der Waals surface area contributed by atoms with Crippen molar-refractivity contribution in [1.29, 1.82) is 0 Å². The minimum atomic E-state index is -5.19. The zero-order valence-corrected chi connectivity index (χ0v) is 9.58. The van der Waals surface area contributed by atoms with Crippen molar-refractivity contribution < 1.29 is 65.6 Å². The van der Waals surface area contributed by atoms with Crippen molar-refractivity contribution in [2.75, 3.05) is 0 Å². The maximum absolute atomic E-state index is 10.5. The Morgan fingerprint density at radius 3 is 0.800 bits per heavy atom. The van der Waals surface area contributed by atoms with Gasteiger partial charge in [0.15, 0.2) is 0 Å². The van der Waals surface area contributed by atoms with E-state index in [-0.39, 0.29) is 19.5 Å². The second-order valence-electron chi connectivity index (χ2n) is 1.57. The van der Waals surface area contributed by atoms with Crippen molar-refractivity contribution in [3.63, 3.8) is 0 Å². The van der Waals surface area contributed by atoms with Gasteiger partial charge in [-0.25, -0.2) is 0 Å². The third-order valence-electron chi connectivity index (χ3n) is 0.463. The number of alkyl halides is 6. The van der Waals surface area contributed by atoms with Gasteiger partial charge in [0.2, 0.25) is 0 Å². The topological polar surface area (TPSA) is 80.3 Å². The molecule has 0 N–H and O–H groups in total. The van der Waals surface area contributed by atoms with Crippen LogP contribution in [0.2, 0.25) is 0 Å². The van der Waals surface area contributed by atoms with Gasteiger partial charge in [-0.1, -0.05) is 0 Å². The SMILES string of the molecule is O=C([O-])C(F)(F)F.O=C([O-])C(F)(F)F.[Zn+2]. The van der Waals surface area contributed by atoms with Crippen LogP contribution < -0.4 is 10.2 Å². The summed E-state index contributed by atoms with van der Waals surface area (Å²) in [5.74, 6) is -6.01. The monoisotopic (exact) mass is 290 g/mol. The molecule has 0 atom stereocenters. The maximum atomic E-state index is 10.5. The fourth-order valence-electron chi connectivity index (χ4n) is 0. The van der Waals surface area contributed by atoms with E-state index in [4.69, 9.17) is 19.8 Å². The number of carboxylic acids is 2. The van der Waals surface area contributed by atoms with Crippen molar-refractivity contribution in [3.8, 4) is 0 Å². The Morgan fingerprint density at radius 1 is 0.733 bits per heavy atom. The number of hydrogen-bond acceptors (Lipinski definition) is 4. The molecule has 0 fully saturated rings. The summed E-state index contributed by atoms with van der Waals surface area (Å²) < 4.78 is 63.1. The predicted octanol–water partition coefficient (Wildman–Crippen LogP) is -1.41. The number of carboxylic acid groups (broad SMARTS) is 2. The van der Waals surface area contributed by atoms with E-state index in [1.165, 1.54) is 0 Å². The van der Waals surface area contributed by atoms with Crippen molar-refractivity contribution >= 4 is 11.9 Å². The molecule has 0 bridgehead atoms. The molecule has 0 aromatic heterocycles. The van der Waals surface area contributed by atoms with E-state index in [1.807, 2.05) is 0 Å². The first-order valence-corrected chi connectivity index (χ1v) is 2.45. The summed E-state index contributed by atoms with van der Waals surface area (Å²) in [4.78, 5) is 17.6. The number of hydrogen-bond donors (Lipinski definition) is 0. The van der Waals surface area contributed by atoms with Crippen LogP contribution in [-0.2, 0) is 29.1 Å². The summed E-state index contributed by atoms with van der Waals surface area (Å²) in [5.41, 5.74) is 0. The maximum Gasteiger partial charge on any atom is 2.00 e. The van der Waals surface area contributed by atoms with Crippen LogP contribution in [0.4, 0.5) is 26.3 Å². The molecular weight excluding hydrogens is 291 g/mol. The van der Waals surface area contributed by atoms with E-state index in [0.29, 0.717) is 0 Å². The van der Waals surface area contributed by atoms with Gasteiger partial charge in [-0.15, -0.1) is 0 Å². The van der Waals surface area contributed by atoms with Gasteiger partial charge >= 0.3 is 31.8 Å². The summed E-state index contributed by atoms with van der Waals surface area (Å²) in [6.45, 7) is 0. The zero-order valence-electron chi connectivity index (χ0n) is 6.61. The zero-order chi connectivity index (χ0) is 12.2. The van der Waals surface area contributed by atoms with Gasteiger partial charge in [0, 0.05) is 0 Å². The molecule has 0 spiro atoms. The van der Waals surface area contributed by atoms with E-state index >= 15 is 0 Å². The van der Waals surface area contributed by atoms with Crippen LogP contribution in [0, 0.1) is 0 Å². The Bertz CT molecular complexity index is 196. The van der Waals surface area contributed by atoms with Crippen LogP contribution in [0.5, 0.6) is 0 Å². The predicted molar refractivity (Wildman–Crippen MR) is 22.1 cm³/mol. The van der Waals surface area contributed by atoms with E-state index in [2.05, 4.69) is 0 Å². The number of aliphatic carboxylic acids is 2. The molecule has 0 radical (unpaired) electrons. The normalized spacial score (nSPS) is 10.5. The van der Waals surface area contributed by atoms with Crippen molar-refractivity contribution in [3.05, 3.63) is 0 Å². The van der Waals surface area contributed by atoms with Crippen LogP contribution in [-0.4, -0.2) is 24.3 Å². The molecule has 0 aromatic rings. The molecule has 11 heteroatoms. The Morgan fingerprint density at radius 2 is 0.800 bits per heavy atom. The van der Waals surface area contributed by atoms with Gasteiger partial charge in [-0.2, -0.15) is 26.3 Å². The second-order valence-corrected chi connectivity index (χ2v) is 1.57. The first-order valence-electron chi connectivity index (χ1n) is 2.45. The molecule has 4 nitrogen and oxygen atoms in total. The molecule has 0 aliphatic rings. The Hall–Kier alpha value is -0.857. The van der Waals surface area contributed by atoms with Gasteiger partial charge in [0.1, 0.15) is 11.9 Å². The first kappa shape index (κ1) is 19.7. The van der Waals surface area contributed by atoms with E-state index in [1.54, 1.807) is 0 Å². The third kappa shape index (κ3) is 13.1. The molecule has 0 rings (SSSR count). The first-order chi connectivity index (χ1) is 5.89. The van der Waals surface area contributed by atoms with Crippen LogP contribution in [0.1, 0.15) is 0 Å². The Balaban J connectivity index is -0.000000180. The van der Waals surface area contributed by atoms with Gasteiger partial charge in [0.25, 0.3) is 0 Å². The van der Waals surface area contributed by atoms with E-state index in [9.17, 15) is 26.3 Å². The minimum Gasteiger partial charge on any atom is -0.542 e. The fourth-order valence-corrected chi connectivity index (χ4v) is 0. The van der Waals surface area contributed by atoms with Crippen LogP contribution in [0.15, 0.2) is 0 Å². The number of halogens is 6. The van der Waals surface area contributed by atoms with Gasteiger partial charge in [-0.3, -0.25) is 0 Å². The van der Waals surface area contributed by atoms with Crippen LogP contribution in [0.25, 0.3) is 0 Å². The molecule has 15 heavy (non-hydrogen) atoms. The van der Waals surface area contributed by atoms with E-state index in [0.717, 1.165) is 0 Å². The number of carbonyl (C=O) groups excluding carboxylic acids is 2. The summed E-state index contributed by atoms with van der Waals surface area (Å²) in [7, 11) is 0. The van der Waals surface area contributed by atoms with Crippen molar-refractivity contribution in [2.24, 2.45) is 0 Å². The second kappa shape index (κ2) is 6.59. The summed E-state index contributed by atoms with van der Waals surface area (Å²) in [6, 6.07) is 0. The fraction of sp³-hybridized carbons (Fsp3) is 0.500. The van der Waals surface area contributed by atoms with Gasteiger partial charge in [0.05, 0.1) is 0 Å². The quantitative estimate of drug-likeness (QED) is 0.406. The number of rotatable bonds is 0. The average molecular weight is 291 g/mol. The summed E-state index contributed by atoms with van der Waals surface area (Å²) >= 11 is 0. The molecule has 0 heterocycles. The Kier molecular flexibility index (Phi) is 8.65. The van der Waals surface area contributed by atoms with Crippen LogP contribution in [0.3, 0.4) is 0 Å². The summed E-state index contributed by atoms with van der Waals surface area (Å²) in [6.07, 6.45) is -10.4. The smallest absolute Gasteiger partial charge is 0.542 e. The van der Waals surface area contributed by atoms with Gasteiger partial charge in [-0.05, 0) is 0 Å². The molecule has 0 saturated heterocycles. The third-order valence-corrected chi connectivity index (χ3v) is 0.463. The Labute approximate surface area is 90.6 Å². The molecule has 0 aromatic carbocycles. The molecule has 0 aliphatic carbocycles. The average Bonchev–Trinajstić information content (AvgIpc) is 1.83. The van der Waals surface area contributed by atoms with Crippen molar-refractivity contribution in [2.45, 2.75) is 12.4 Å². The molecule has 0 amide bonds. The molecule has 0 aliphatic heterocycles. The molecule has 0 unspecified atom stereocenters.